The monoisotopic (exact) mass is 471 g/mol. The first-order valence-electron chi connectivity index (χ1n) is 11.5. The molecule has 0 spiro atoms. The Balaban J connectivity index is 0.000000131. The molecule has 2 aliphatic rings. The Morgan fingerprint density at radius 1 is 1.06 bits per heavy atom. The lowest BCUT2D eigenvalue weighted by Crippen LogP contribution is -2.22. The van der Waals surface area contributed by atoms with Crippen molar-refractivity contribution in [2.45, 2.75) is 13.0 Å². The Labute approximate surface area is 200 Å². The highest BCUT2D eigenvalue weighted by Crippen LogP contribution is 2.46. The number of benzene rings is 1. The van der Waals surface area contributed by atoms with E-state index >= 15 is 0 Å². The van der Waals surface area contributed by atoms with Crippen LogP contribution in [0.15, 0.2) is 65.0 Å². The quantitative estimate of drug-likeness (QED) is 0.392. The fourth-order valence-corrected chi connectivity index (χ4v) is 4.66. The molecular formula is C24H25N9O2. The minimum absolute atomic E-state index is 0.187. The summed E-state index contributed by atoms with van der Waals surface area (Å²) < 4.78 is 9.73. The third kappa shape index (κ3) is 4.20. The zero-order chi connectivity index (χ0) is 23.9. The number of hydrogen-bond acceptors (Lipinski definition) is 8. The normalized spacial score (nSPS) is 18.4. The molecule has 1 saturated carbocycles. The van der Waals surface area contributed by atoms with E-state index in [0.29, 0.717) is 17.1 Å². The number of hydrogen-bond donors (Lipinski definition) is 0. The number of aryl methyl sites for hydroxylation is 2. The summed E-state index contributed by atoms with van der Waals surface area (Å²) in [5.41, 5.74) is 4.52. The summed E-state index contributed by atoms with van der Waals surface area (Å²) in [5, 5.41) is 7.72. The number of nitrogens with zero attached hydrogens (tertiary/aromatic N) is 9. The zero-order valence-corrected chi connectivity index (χ0v) is 19.5. The number of aromatic nitrogens is 8. The SMILES string of the molecule is Cn1cc(-c2cccc(N3C[C@H]4C[C@H]4C3)c2)cn1.Cn1cnc2ncn(Cc3ncno3)c(=O)c21. The molecule has 1 aliphatic carbocycles. The van der Waals surface area contributed by atoms with Crippen LogP contribution in [0.3, 0.4) is 0 Å². The minimum Gasteiger partial charge on any atom is -0.371 e. The highest BCUT2D eigenvalue weighted by Gasteiger charge is 2.45. The second-order valence-corrected chi connectivity index (χ2v) is 9.15. The summed E-state index contributed by atoms with van der Waals surface area (Å²) in [6.07, 6.45) is 9.72. The van der Waals surface area contributed by atoms with Gasteiger partial charge in [0.05, 0.1) is 12.5 Å². The summed E-state index contributed by atoms with van der Waals surface area (Å²) in [6, 6.07) is 8.84. The lowest BCUT2D eigenvalue weighted by atomic mass is 10.1. The molecule has 1 aromatic carbocycles. The Morgan fingerprint density at radius 3 is 2.63 bits per heavy atom. The smallest absolute Gasteiger partial charge is 0.280 e. The van der Waals surface area contributed by atoms with Gasteiger partial charge in [0, 0.05) is 44.6 Å². The van der Waals surface area contributed by atoms with Crippen LogP contribution < -0.4 is 10.5 Å². The summed E-state index contributed by atoms with van der Waals surface area (Å²) >= 11 is 0. The summed E-state index contributed by atoms with van der Waals surface area (Å²) in [6.45, 7) is 2.70. The average Bonchev–Trinajstić information content (AvgIpc) is 3.39. The van der Waals surface area contributed by atoms with Gasteiger partial charge in [-0.15, -0.1) is 0 Å². The molecule has 2 atom stereocenters. The number of anilines is 1. The largest absolute Gasteiger partial charge is 0.371 e. The van der Waals surface area contributed by atoms with E-state index in [1.165, 1.54) is 53.5 Å². The van der Waals surface area contributed by atoms with Crippen molar-refractivity contribution >= 4 is 16.9 Å². The molecule has 0 N–H and O–H groups in total. The van der Waals surface area contributed by atoms with Crippen molar-refractivity contribution in [3.8, 4) is 11.1 Å². The van der Waals surface area contributed by atoms with Crippen molar-refractivity contribution in [3.63, 3.8) is 0 Å². The maximum Gasteiger partial charge on any atom is 0.280 e. The Kier molecular flexibility index (Phi) is 5.16. The molecule has 7 rings (SSSR count). The standard InChI is InChI=1S/C15H17N3.C9H8N6O2/c1-17-8-14(7-16-17)11-3-2-4-15(6-11)18-9-12-5-13(12)10-18;1-14-4-11-8-7(14)9(16)15(5-12-8)2-6-10-3-13-17-6/h2-4,6-8,12-13H,5,9-10H2,1H3;3-5H,2H2,1H3/t12-,13+;. The van der Waals surface area contributed by atoms with E-state index in [0.717, 1.165) is 11.8 Å². The molecule has 178 valence electrons. The van der Waals surface area contributed by atoms with Crippen molar-refractivity contribution in [1.82, 2.24) is 39.0 Å². The van der Waals surface area contributed by atoms with Gasteiger partial charge in [-0.2, -0.15) is 10.1 Å². The Bertz CT molecular complexity index is 1520. The van der Waals surface area contributed by atoms with Gasteiger partial charge >= 0.3 is 0 Å². The summed E-state index contributed by atoms with van der Waals surface area (Å²) in [7, 11) is 3.71. The summed E-state index contributed by atoms with van der Waals surface area (Å²) in [4.78, 5) is 26.6. The predicted molar refractivity (Wildman–Crippen MR) is 129 cm³/mol. The van der Waals surface area contributed by atoms with Crippen LogP contribution in [0.1, 0.15) is 12.3 Å². The second kappa shape index (κ2) is 8.49. The molecule has 2 fully saturated rings. The lowest BCUT2D eigenvalue weighted by Gasteiger charge is -2.20. The van der Waals surface area contributed by atoms with Crippen molar-refractivity contribution in [2.75, 3.05) is 18.0 Å². The molecule has 5 aromatic rings. The highest BCUT2D eigenvalue weighted by atomic mass is 16.5. The molecule has 5 heterocycles. The van der Waals surface area contributed by atoms with Crippen molar-refractivity contribution in [1.29, 1.82) is 0 Å². The maximum atomic E-state index is 12.1. The highest BCUT2D eigenvalue weighted by molar-refractivity contribution is 5.69. The van der Waals surface area contributed by atoms with Crippen LogP contribution in [0.5, 0.6) is 0 Å². The van der Waals surface area contributed by atoms with E-state index in [2.05, 4.69) is 60.6 Å². The molecule has 0 amide bonds. The molecule has 11 nitrogen and oxygen atoms in total. The number of rotatable bonds is 4. The van der Waals surface area contributed by atoms with E-state index in [4.69, 9.17) is 4.52 Å². The number of fused-ring (bicyclic) bond motifs is 2. The van der Waals surface area contributed by atoms with Gasteiger partial charge in [0.1, 0.15) is 12.9 Å². The fraction of sp³-hybridized carbons (Fsp3) is 0.333. The van der Waals surface area contributed by atoms with E-state index in [1.807, 2.05) is 17.9 Å². The fourth-order valence-electron chi connectivity index (χ4n) is 4.66. The van der Waals surface area contributed by atoms with Crippen molar-refractivity contribution in [2.24, 2.45) is 25.9 Å². The van der Waals surface area contributed by atoms with Crippen LogP contribution in [0.25, 0.3) is 22.3 Å². The third-order valence-electron chi connectivity index (χ3n) is 6.64. The van der Waals surface area contributed by atoms with Crippen LogP contribution in [0.4, 0.5) is 5.69 Å². The van der Waals surface area contributed by atoms with E-state index < -0.39 is 0 Å². The van der Waals surface area contributed by atoms with Crippen LogP contribution in [0.2, 0.25) is 0 Å². The van der Waals surface area contributed by atoms with E-state index in [9.17, 15) is 4.79 Å². The van der Waals surface area contributed by atoms with Gasteiger partial charge in [-0.25, -0.2) is 9.97 Å². The van der Waals surface area contributed by atoms with Crippen molar-refractivity contribution in [3.05, 3.63) is 71.9 Å². The molecule has 0 unspecified atom stereocenters. The molecule has 1 aliphatic heterocycles. The van der Waals surface area contributed by atoms with Crippen LogP contribution in [-0.4, -0.2) is 52.1 Å². The molecule has 35 heavy (non-hydrogen) atoms. The van der Waals surface area contributed by atoms with Crippen LogP contribution in [0, 0.1) is 11.8 Å². The summed E-state index contributed by atoms with van der Waals surface area (Å²) in [5.74, 6) is 2.31. The first-order chi connectivity index (χ1) is 17.0. The van der Waals surface area contributed by atoms with E-state index in [-0.39, 0.29) is 12.1 Å². The topological polar surface area (TPSA) is 113 Å². The predicted octanol–water partition coefficient (Wildman–Crippen LogP) is 2.10. The first kappa shape index (κ1) is 21.3. The maximum absolute atomic E-state index is 12.1. The minimum atomic E-state index is -0.187. The Hall–Kier alpha value is -4.28. The number of piperidine rings is 1. The van der Waals surface area contributed by atoms with Gasteiger partial charge in [-0.05, 0) is 36.0 Å². The van der Waals surface area contributed by atoms with Gasteiger partial charge in [0.2, 0.25) is 5.89 Å². The van der Waals surface area contributed by atoms with Gasteiger partial charge in [-0.1, -0.05) is 17.3 Å². The molecular weight excluding hydrogens is 446 g/mol. The van der Waals surface area contributed by atoms with Gasteiger partial charge < -0.3 is 14.0 Å². The van der Waals surface area contributed by atoms with Gasteiger partial charge in [0.15, 0.2) is 17.5 Å². The second-order valence-electron chi connectivity index (χ2n) is 9.15. The molecule has 0 bridgehead atoms. The van der Waals surface area contributed by atoms with Crippen molar-refractivity contribution < 1.29 is 4.52 Å². The molecule has 0 radical (unpaired) electrons. The van der Waals surface area contributed by atoms with Crippen LogP contribution >= 0.6 is 0 Å². The molecule has 11 heteroatoms. The first-order valence-corrected chi connectivity index (χ1v) is 11.5. The third-order valence-corrected chi connectivity index (χ3v) is 6.64. The molecule has 4 aromatic heterocycles. The van der Waals surface area contributed by atoms with E-state index in [1.54, 1.807) is 17.9 Å². The average molecular weight is 472 g/mol. The van der Waals surface area contributed by atoms with Crippen LogP contribution in [-0.2, 0) is 20.6 Å². The lowest BCUT2D eigenvalue weighted by molar-refractivity contribution is 0.368. The number of imidazole rings is 1. The zero-order valence-electron chi connectivity index (χ0n) is 19.5. The van der Waals surface area contributed by atoms with Gasteiger partial charge in [0.25, 0.3) is 5.56 Å². The Morgan fingerprint density at radius 2 is 1.89 bits per heavy atom. The molecule has 1 saturated heterocycles. The van der Waals surface area contributed by atoms with Gasteiger partial charge in [-0.3, -0.25) is 14.0 Å².